The molecule has 0 aliphatic rings. The van der Waals surface area contributed by atoms with Gasteiger partial charge in [-0.15, -0.1) is 9.46 Å². The monoisotopic (exact) mass is 1730 g/mol. The largest absolute Gasteiger partial charge is 0.407 e. The molecule has 0 spiro atoms. The number of non-ortho nitro benzene ring substituents is 1. The van der Waals surface area contributed by atoms with E-state index in [2.05, 4.69) is 40.7 Å². The van der Waals surface area contributed by atoms with Crippen molar-refractivity contribution in [1.29, 1.82) is 0 Å². The summed E-state index contributed by atoms with van der Waals surface area (Å²) in [5, 5.41) is 38.1. The van der Waals surface area contributed by atoms with Gasteiger partial charge in [0, 0.05) is 52.5 Å². The van der Waals surface area contributed by atoms with Crippen molar-refractivity contribution in [2.24, 2.45) is 27.0 Å². The van der Waals surface area contributed by atoms with Gasteiger partial charge in [-0.3, -0.25) is 62.7 Å². The van der Waals surface area contributed by atoms with E-state index in [-0.39, 0.29) is 171 Å². The Bertz CT molecular complexity index is 5030. The number of nitrogens with zero attached hydrogens (tertiary/aromatic N) is 10. The smallest absolute Gasteiger partial charge is 0.297 e. The summed E-state index contributed by atoms with van der Waals surface area (Å²) in [6, 6.07) is 20.5. The molecule has 0 atom stereocenters. The van der Waals surface area contributed by atoms with E-state index in [9.17, 15) is 62.2 Å². The fourth-order valence-electron chi connectivity index (χ4n) is 8.51. The number of nitro benzene ring substituents is 2. The van der Waals surface area contributed by atoms with Crippen molar-refractivity contribution in [3.8, 4) is 0 Å². The van der Waals surface area contributed by atoms with Crippen LogP contribution in [0.4, 0.5) is 58.7 Å². The summed E-state index contributed by atoms with van der Waals surface area (Å²) in [5.74, 6) is 3.29. The highest BCUT2D eigenvalue weighted by molar-refractivity contribution is 14.1. The number of aromatic nitrogens is 9. The molecule has 10 rings (SSSR count). The number of pyridine rings is 3. The maximum Gasteiger partial charge on any atom is 0.297 e. The van der Waals surface area contributed by atoms with Crippen LogP contribution < -0.4 is 64.9 Å². The molecule has 0 amide bonds. The second kappa shape index (κ2) is 43.0. The maximum absolute atomic E-state index is 14.3. The topological polar surface area (TPSA) is 396 Å². The van der Waals surface area contributed by atoms with E-state index >= 15 is 0 Å². The number of fused-ring (bicyclic) bond motifs is 3. The highest BCUT2D eigenvalue weighted by Gasteiger charge is 2.21. The van der Waals surface area contributed by atoms with Gasteiger partial charge in [0.05, 0.1) is 94.0 Å². The third-order valence-corrected chi connectivity index (χ3v) is 14.9. The Kier molecular flexibility index (Phi) is 39.1. The summed E-state index contributed by atoms with van der Waals surface area (Å²) in [4.78, 5) is 123. The quantitative estimate of drug-likeness (QED) is 0.0201. The van der Waals surface area contributed by atoms with Crippen LogP contribution in [0.25, 0.3) is 33.1 Å². The van der Waals surface area contributed by atoms with Crippen LogP contribution in [-0.4, -0.2) is 109 Å². The van der Waals surface area contributed by atoms with Crippen molar-refractivity contribution in [3.63, 3.8) is 0 Å². The number of rotatable bonds is 18. The van der Waals surface area contributed by atoms with Gasteiger partial charge >= 0.3 is 0 Å². The summed E-state index contributed by atoms with van der Waals surface area (Å²) in [5.41, 5.74) is -1.72. The normalized spacial score (nSPS) is 10.4. The molecule has 0 fully saturated rings. The zero-order valence-electron chi connectivity index (χ0n) is 55.0. The molecular formula is C69H91ClF3I2N15O16. The minimum Gasteiger partial charge on any atom is -0.407 e. The van der Waals surface area contributed by atoms with E-state index in [0.717, 1.165) is 43.1 Å². The number of aryl methyl sites for hydroxylation is 4. The zero-order chi connectivity index (χ0) is 74.1. The van der Waals surface area contributed by atoms with E-state index in [1.54, 1.807) is 37.3 Å². The fourth-order valence-corrected chi connectivity index (χ4v) is 9.60. The SMILES string of the molecule is C.C.C.C.C.C.CC(C)(C)OCCON.Cc1ccc(Nc2cc(=O)n(C)c3ncn(OCCOC(C)(C)C)c(=O)c23)c(F)c1.Cn1c(=O)cc(Nc2ccc(I)cc2F)c2c(=O)[nH]cnc21.Cn1c(=O)cc(Nc2ccc(I)cc2F)c2c(=O)n(OCCO)cnc21.O=[N+]([O-])c1ccc(Cl)c([N+](=O)[O-])c1. The summed E-state index contributed by atoms with van der Waals surface area (Å²) in [6.07, 6.45) is 3.55. The number of nitrogens with one attached hydrogen (secondary N) is 4. The van der Waals surface area contributed by atoms with Gasteiger partial charge in [0.25, 0.3) is 44.7 Å². The highest BCUT2D eigenvalue weighted by atomic mass is 127. The molecule has 0 bridgehead atoms. The Balaban J connectivity index is 0.00000134. The van der Waals surface area contributed by atoms with Crippen molar-refractivity contribution >= 4 is 135 Å². The first-order chi connectivity index (χ1) is 47.0. The predicted octanol–water partition coefficient (Wildman–Crippen LogP) is 12.3. The van der Waals surface area contributed by atoms with E-state index in [1.807, 2.05) is 86.7 Å². The maximum atomic E-state index is 14.3. The van der Waals surface area contributed by atoms with E-state index in [0.29, 0.717) is 16.8 Å². The molecule has 0 unspecified atom stereocenters. The Morgan fingerprint density at radius 1 is 0.547 bits per heavy atom. The number of ether oxygens (including phenoxy) is 2. The molecule has 0 aliphatic carbocycles. The highest BCUT2D eigenvalue weighted by Crippen LogP contribution is 2.30. The summed E-state index contributed by atoms with van der Waals surface area (Å²) in [6.45, 7) is 14.5. The number of nitrogens with two attached hydrogens (primary N) is 1. The summed E-state index contributed by atoms with van der Waals surface area (Å²) >= 11 is 9.41. The van der Waals surface area contributed by atoms with Crippen molar-refractivity contribution in [2.45, 2.75) is 104 Å². The van der Waals surface area contributed by atoms with Crippen molar-refractivity contribution in [3.05, 3.63) is 228 Å². The molecule has 6 heterocycles. The van der Waals surface area contributed by atoms with Crippen LogP contribution in [0.1, 0.15) is 91.7 Å². The lowest BCUT2D eigenvalue weighted by Crippen LogP contribution is -2.32. The second-order valence-electron chi connectivity index (χ2n) is 22.9. The average molecular weight is 1730 g/mol. The van der Waals surface area contributed by atoms with Gasteiger partial charge in [0.2, 0.25) is 0 Å². The van der Waals surface area contributed by atoms with Gasteiger partial charge in [-0.05, 0) is 154 Å². The van der Waals surface area contributed by atoms with Crippen LogP contribution in [0.5, 0.6) is 0 Å². The molecule has 106 heavy (non-hydrogen) atoms. The molecule has 37 heteroatoms. The Hall–Kier alpha value is -9.71. The molecule has 6 aromatic heterocycles. The van der Waals surface area contributed by atoms with Crippen LogP contribution in [0.3, 0.4) is 0 Å². The van der Waals surface area contributed by atoms with Gasteiger partial charge in [-0.25, -0.2) is 34.0 Å². The third kappa shape index (κ3) is 26.4. The standard InChI is InChI=1S/C21H25FN4O4.C16H14FIN4O4.C14H10FIN4O2.C6H3ClN2O4.C6H15NO2.6CH4/c1-13-6-7-15(14(22)10-13)24-16-11-17(27)25(5)19-18(16)20(28)26(12-23-19)30-9-8-29-21(2,3)4;1-21-13(24)7-12(20-11-3-2-9(18)6-10(11)17)14-15(21)19-8-22(16(14)25)26-5-4-23;1-20-11(21)5-10(12-13(20)17-6-18-14(12)22)19-9-3-2-7(16)4-8(9)15;7-5-2-1-4(8(10)11)3-6(5)9(12)13;1-6(2,3)8-4-5-9-7;;;;;;/h6-7,10-12,24H,8-9H2,1-5H3;2-3,6-8,20,23H,4-5H2,1H3;2-6,19H,1H3,(H,17,18,22);1-3H;4-5,7H2,1-3H3;6*1H4. The first kappa shape index (κ1) is 96.3. The second-order valence-corrected chi connectivity index (χ2v) is 25.8. The number of nitro groups is 2. The molecular weight excluding hydrogens is 1640 g/mol. The number of benzene rings is 4. The Morgan fingerprint density at radius 3 is 1.33 bits per heavy atom. The van der Waals surface area contributed by atoms with Gasteiger partial charge in [0.15, 0.2) is 16.9 Å². The lowest BCUT2D eigenvalue weighted by atomic mass is 10.2. The number of hydrogen-bond donors (Lipinski definition) is 6. The molecule has 4 aromatic carbocycles. The summed E-state index contributed by atoms with van der Waals surface area (Å²) in [7, 11) is 4.51. The number of anilines is 6. The minimum absolute atomic E-state index is 0. The predicted molar refractivity (Wildman–Crippen MR) is 426 cm³/mol. The van der Waals surface area contributed by atoms with Crippen LogP contribution in [0.2, 0.25) is 5.02 Å². The van der Waals surface area contributed by atoms with E-state index in [4.69, 9.17) is 41.8 Å². The molecule has 7 N–H and O–H groups in total. The van der Waals surface area contributed by atoms with Crippen LogP contribution in [0.15, 0.2) is 139 Å². The van der Waals surface area contributed by atoms with Gasteiger partial charge in [0.1, 0.15) is 64.5 Å². The number of aromatic amines is 1. The van der Waals surface area contributed by atoms with Crippen molar-refractivity contribution < 1.29 is 52.1 Å². The Labute approximate surface area is 640 Å². The van der Waals surface area contributed by atoms with Crippen molar-refractivity contribution in [1.82, 2.24) is 43.1 Å². The van der Waals surface area contributed by atoms with Gasteiger partial charge in [-0.1, -0.05) is 62.2 Å². The number of H-pyrrole nitrogens is 1. The van der Waals surface area contributed by atoms with Crippen LogP contribution in [-0.2, 0) is 35.5 Å². The average Bonchev–Trinajstić information content (AvgIpc) is 0.780. The number of hydrogen-bond acceptors (Lipinski definition) is 23. The molecule has 580 valence electrons. The van der Waals surface area contributed by atoms with Crippen LogP contribution in [0, 0.1) is 51.7 Å². The fraction of sp³-hybridized carbons (Fsp3) is 0.348. The molecule has 0 saturated carbocycles. The Morgan fingerprint density at radius 2 is 0.943 bits per heavy atom. The molecule has 0 radical (unpaired) electrons. The van der Waals surface area contributed by atoms with Gasteiger partial charge < -0.3 is 50.0 Å². The van der Waals surface area contributed by atoms with Crippen molar-refractivity contribution in [2.75, 3.05) is 55.6 Å². The molecule has 0 saturated heterocycles. The lowest BCUT2D eigenvalue weighted by molar-refractivity contribution is -0.394. The number of halogens is 6. The zero-order valence-corrected chi connectivity index (χ0v) is 60.1. The van der Waals surface area contributed by atoms with Crippen LogP contribution >= 0.6 is 56.8 Å². The van der Waals surface area contributed by atoms with E-state index < -0.39 is 55.2 Å². The minimum atomic E-state index is -0.769. The first-order valence-electron chi connectivity index (χ1n) is 29.4. The number of aliphatic hydroxyl groups excluding tert-OH is 1. The lowest BCUT2D eigenvalue weighted by Gasteiger charge is -2.19. The third-order valence-electron chi connectivity index (χ3n) is 13.3. The first-order valence-corrected chi connectivity index (χ1v) is 31.9. The molecule has 31 nitrogen and oxygen atoms in total. The van der Waals surface area contributed by atoms with Gasteiger partial charge in [-0.2, -0.15) is 0 Å². The van der Waals surface area contributed by atoms with E-state index in [1.165, 1.54) is 90.0 Å². The molecule has 0 aliphatic heterocycles. The molecule has 10 aromatic rings. The summed E-state index contributed by atoms with van der Waals surface area (Å²) < 4.78 is 60.3. The number of aliphatic hydroxyl groups is 1.